The molecular weight excluding hydrogens is 456 g/mol. The number of hydrogen-bond acceptors (Lipinski definition) is 5. The Hall–Kier alpha value is -0.970. The van der Waals surface area contributed by atoms with Gasteiger partial charge in [0.1, 0.15) is 6.04 Å². The standard InChI is InChI=1S/C17H25F3N4O2.3ClH/c1-23-5-7-24(8-6-23)15-4-3-13(17(18,19)20)9-12(15)10-22-16(25)14(21)11-26-2;;;/h3-4,9,14H,5-8,10-11,21H2,1-2H3,(H,22,25);3*1H. The van der Waals surface area contributed by atoms with Crippen molar-refractivity contribution >= 4 is 48.8 Å². The van der Waals surface area contributed by atoms with Crippen LogP contribution in [0.4, 0.5) is 18.9 Å². The van der Waals surface area contributed by atoms with Crippen molar-refractivity contribution in [2.24, 2.45) is 5.73 Å². The van der Waals surface area contributed by atoms with E-state index in [0.29, 0.717) is 24.3 Å². The summed E-state index contributed by atoms with van der Waals surface area (Å²) in [6, 6.07) is 2.79. The van der Waals surface area contributed by atoms with Crippen molar-refractivity contribution in [3.8, 4) is 0 Å². The van der Waals surface area contributed by atoms with Crippen LogP contribution in [0.15, 0.2) is 18.2 Å². The van der Waals surface area contributed by atoms with Crippen molar-refractivity contribution in [1.29, 1.82) is 0 Å². The summed E-state index contributed by atoms with van der Waals surface area (Å²) < 4.78 is 44.1. The first-order valence-electron chi connectivity index (χ1n) is 8.38. The van der Waals surface area contributed by atoms with E-state index < -0.39 is 23.7 Å². The van der Waals surface area contributed by atoms with Crippen LogP contribution in [-0.4, -0.2) is 63.8 Å². The summed E-state index contributed by atoms with van der Waals surface area (Å²) in [7, 11) is 3.42. The molecule has 1 aliphatic heterocycles. The molecule has 0 spiro atoms. The topological polar surface area (TPSA) is 70.8 Å². The molecule has 1 aliphatic rings. The maximum atomic E-state index is 13.1. The van der Waals surface area contributed by atoms with Crippen LogP contribution in [0, 0.1) is 0 Å². The van der Waals surface area contributed by atoms with Crippen LogP contribution in [0.5, 0.6) is 0 Å². The first-order chi connectivity index (χ1) is 12.2. The van der Waals surface area contributed by atoms with Crippen molar-refractivity contribution < 1.29 is 22.7 Å². The average molecular weight is 484 g/mol. The number of nitrogens with one attached hydrogen (secondary N) is 1. The summed E-state index contributed by atoms with van der Waals surface area (Å²) in [6.45, 7) is 3.09. The number of ether oxygens (including phenoxy) is 1. The zero-order chi connectivity index (χ0) is 19.3. The number of amides is 1. The highest BCUT2D eigenvalue weighted by atomic mass is 35.5. The quantitative estimate of drug-likeness (QED) is 0.650. The normalized spacial score (nSPS) is 15.4. The Bertz CT molecular complexity index is 630. The van der Waals surface area contributed by atoms with Crippen LogP contribution in [0.1, 0.15) is 11.1 Å². The first-order valence-corrected chi connectivity index (χ1v) is 8.38. The van der Waals surface area contributed by atoms with E-state index in [9.17, 15) is 18.0 Å². The fourth-order valence-corrected chi connectivity index (χ4v) is 2.83. The van der Waals surface area contributed by atoms with Crippen molar-refractivity contribution in [2.45, 2.75) is 18.8 Å². The Morgan fingerprint density at radius 3 is 2.31 bits per heavy atom. The van der Waals surface area contributed by atoms with Crippen LogP contribution in [0.25, 0.3) is 0 Å². The lowest BCUT2D eigenvalue weighted by atomic mass is 10.1. The number of nitrogens with two attached hydrogens (primary N) is 1. The molecule has 0 aliphatic carbocycles. The molecule has 3 N–H and O–H groups in total. The van der Waals surface area contributed by atoms with E-state index in [-0.39, 0.29) is 50.4 Å². The summed E-state index contributed by atoms with van der Waals surface area (Å²) in [5, 5.41) is 2.60. The minimum absolute atomic E-state index is 0. The number of carbonyl (C=O) groups excluding carboxylic acids is 1. The van der Waals surface area contributed by atoms with Crippen molar-refractivity contribution in [3.63, 3.8) is 0 Å². The summed E-state index contributed by atoms with van der Waals surface area (Å²) in [5.41, 5.74) is 6.04. The third-order valence-corrected chi connectivity index (χ3v) is 4.39. The smallest absolute Gasteiger partial charge is 0.383 e. The second-order valence-corrected chi connectivity index (χ2v) is 6.41. The molecule has 1 amide bonds. The SMILES string of the molecule is COCC(N)C(=O)NCc1cc(C(F)(F)F)ccc1N1CCN(C)CC1.Cl.Cl.Cl. The van der Waals surface area contributed by atoms with Crippen LogP contribution in [0.2, 0.25) is 0 Å². The van der Waals surface area contributed by atoms with E-state index in [1.165, 1.54) is 13.2 Å². The molecule has 1 atom stereocenters. The summed E-state index contributed by atoms with van der Waals surface area (Å²) in [5.74, 6) is -0.464. The summed E-state index contributed by atoms with van der Waals surface area (Å²) in [6.07, 6.45) is -4.44. The lowest BCUT2D eigenvalue weighted by Crippen LogP contribution is -2.45. The molecule has 0 bridgehead atoms. The number of methoxy groups -OCH3 is 1. The van der Waals surface area contributed by atoms with Gasteiger partial charge >= 0.3 is 6.18 Å². The van der Waals surface area contributed by atoms with Gasteiger partial charge in [-0.25, -0.2) is 0 Å². The lowest BCUT2D eigenvalue weighted by molar-refractivity contribution is -0.137. The first kappa shape index (κ1) is 30.2. The number of hydrogen-bond donors (Lipinski definition) is 2. The Balaban J connectivity index is 0. The molecule has 170 valence electrons. The van der Waals surface area contributed by atoms with Gasteiger partial charge in [-0.1, -0.05) is 0 Å². The Morgan fingerprint density at radius 1 is 1.21 bits per heavy atom. The molecule has 1 unspecified atom stereocenters. The van der Waals surface area contributed by atoms with Crippen molar-refractivity contribution in [3.05, 3.63) is 29.3 Å². The fourth-order valence-electron chi connectivity index (χ4n) is 2.83. The number of alkyl halides is 3. The van der Waals surface area contributed by atoms with E-state index in [2.05, 4.69) is 10.2 Å². The largest absolute Gasteiger partial charge is 0.416 e. The van der Waals surface area contributed by atoms with Gasteiger partial charge in [0.2, 0.25) is 5.91 Å². The van der Waals surface area contributed by atoms with Gasteiger partial charge in [0.05, 0.1) is 12.2 Å². The van der Waals surface area contributed by atoms with Gasteiger partial charge in [-0.2, -0.15) is 13.2 Å². The molecule has 0 saturated carbocycles. The van der Waals surface area contributed by atoms with E-state index >= 15 is 0 Å². The molecule has 29 heavy (non-hydrogen) atoms. The van der Waals surface area contributed by atoms with Gasteiger partial charge in [-0.05, 0) is 30.8 Å². The molecule has 0 radical (unpaired) electrons. The van der Waals surface area contributed by atoms with E-state index in [1.54, 1.807) is 0 Å². The molecule has 1 saturated heterocycles. The van der Waals surface area contributed by atoms with Gasteiger partial charge in [0.25, 0.3) is 0 Å². The molecule has 1 heterocycles. The highest BCUT2D eigenvalue weighted by Crippen LogP contribution is 2.33. The maximum Gasteiger partial charge on any atom is 0.416 e. The molecular formula is C17H28Cl3F3N4O2. The molecule has 12 heteroatoms. The molecule has 1 fully saturated rings. The number of nitrogens with zero attached hydrogens (tertiary/aromatic N) is 2. The van der Waals surface area contributed by atoms with Crippen molar-refractivity contribution in [2.75, 3.05) is 51.8 Å². The number of halogens is 6. The second-order valence-electron chi connectivity index (χ2n) is 6.41. The molecule has 0 aromatic heterocycles. The zero-order valence-electron chi connectivity index (χ0n) is 16.2. The third-order valence-electron chi connectivity index (χ3n) is 4.39. The number of piperazine rings is 1. The predicted octanol–water partition coefficient (Wildman–Crippen LogP) is 2.31. The molecule has 6 nitrogen and oxygen atoms in total. The third kappa shape index (κ3) is 8.74. The van der Waals surface area contributed by atoms with Gasteiger partial charge in [-0.3, -0.25) is 4.79 Å². The van der Waals surface area contributed by atoms with Gasteiger partial charge in [-0.15, -0.1) is 37.2 Å². The predicted molar refractivity (Wildman–Crippen MR) is 115 cm³/mol. The van der Waals surface area contributed by atoms with Gasteiger partial charge in [0.15, 0.2) is 0 Å². The number of anilines is 1. The molecule has 2 rings (SSSR count). The van der Waals surface area contributed by atoms with E-state index in [1.807, 2.05) is 11.9 Å². The van der Waals surface area contributed by atoms with Crippen LogP contribution < -0.4 is 16.0 Å². The highest BCUT2D eigenvalue weighted by Gasteiger charge is 2.31. The average Bonchev–Trinajstić information content (AvgIpc) is 2.59. The van der Waals surface area contributed by atoms with Gasteiger partial charge in [0, 0.05) is 45.5 Å². The summed E-state index contributed by atoms with van der Waals surface area (Å²) in [4.78, 5) is 16.2. The van der Waals surface area contributed by atoms with Crippen molar-refractivity contribution in [1.82, 2.24) is 10.2 Å². The van der Waals surface area contributed by atoms with E-state index in [0.717, 1.165) is 25.2 Å². The Labute approximate surface area is 187 Å². The molecule has 1 aromatic carbocycles. The fraction of sp³-hybridized carbons (Fsp3) is 0.588. The second kappa shape index (κ2) is 13.4. The minimum Gasteiger partial charge on any atom is -0.383 e. The monoisotopic (exact) mass is 482 g/mol. The molecule has 1 aromatic rings. The highest BCUT2D eigenvalue weighted by molar-refractivity contribution is 5.86. The Kier molecular flexibility index (Phi) is 13.9. The minimum atomic E-state index is -4.44. The lowest BCUT2D eigenvalue weighted by Gasteiger charge is -2.35. The Morgan fingerprint density at radius 2 is 1.79 bits per heavy atom. The van der Waals surface area contributed by atoms with Crippen LogP contribution in [0.3, 0.4) is 0 Å². The zero-order valence-corrected chi connectivity index (χ0v) is 18.6. The van der Waals surface area contributed by atoms with E-state index in [4.69, 9.17) is 10.5 Å². The number of rotatable bonds is 6. The van der Waals surface area contributed by atoms with Crippen LogP contribution >= 0.6 is 37.2 Å². The number of carbonyl (C=O) groups is 1. The van der Waals surface area contributed by atoms with Gasteiger partial charge < -0.3 is 25.6 Å². The number of likely N-dealkylation sites (N-methyl/N-ethyl adjacent to an activating group) is 1. The van der Waals surface area contributed by atoms with Crippen LogP contribution in [-0.2, 0) is 22.3 Å². The number of benzene rings is 1. The summed E-state index contributed by atoms with van der Waals surface area (Å²) >= 11 is 0. The maximum absolute atomic E-state index is 13.1.